The Bertz CT molecular complexity index is 1190. The molecular weight excluding hydrogens is 441 g/mol. The number of sulfonamides is 1. The highest BCUT2D eigenvalue weighted by molar-refractivity contribution is 7.92. The maximum Gasteiger partial charge on any atom is 0.264 e. The van der Waals surface area contributed by atoms with Crippen LogP contribution in [0.1, 0.15) is 18.1 Å². The van der Waals surface area contributed by atoms with Crippen molar-refractivity contribution in [1.29, 1.82) is 0 Å². The molecule has 0 amide bonds. The van der Waals surface area contributed by atoms with Gasteiger partial charge in [-0.15, -0.1) is 0 Å². The first-order chi connectivity index (χ1) is 14.8. The number of halogens is 2. The second kappa shape index (κ2) is 8.40. The number of rotatable bonds is 5. The molecule has 1 unspecified atom stereocenters. The van der Waals surface area contributed by atoms with Crippen molar-refractivity contribution < 1.29 is 22.3 Å². The Kier molecular flexibility index (Phi) is 5.81. The monoisotopic (exact) mass is 461 g/mol. The molecule has 0 aliphatic carbocycles. The molecule has 0 fully saturated rings. The molecule has 5 nitrogen and oxygen atoms in total. The summed E-state index contributed by atoms with van der Waals surface area (Å²) in [5, 5.41) is 0.165. The lowest BCUT2D eigenvalue weighted by molar-refractivity contribution is 0.219. The van der Waals surface area contributed by atoms with Crippen LogP contribution in [-0.2, 0) is 16.6 Å². The van der Waals surface area contributed by atoms with Gasteiger partial charge in [-0.2, -0.15) is 0 Å². The van der Waals surface area contributed by atoms with Gasteiger partial charge in [0.2, 0.25) is 0 Å². The predicted molar refractivity (Wildman–Crippen MR) is 118 cm³/mol. The van der Waals surface area contributed by atoms with Crippen LogP contribution in [-0.4, -0.2) is 21.1 Å². The van der Waals surface area contributed by atoms with Crippen LogP contribution in [0.25, 0.3) is 0 Å². The highest BCUT2D eigenvalue weighted by atomic mass is 35.5. The molecule has 0 spiro atoms. The Hall–Kier alpha value is -2.77. The smallest absolute Gasteiger partial charge is 0.264 e. The van der Waals surface area contributed by atoms with Crippen LogP contribution in [0.15, 0.2) is 65.6 Å². The molecule has 31 heavy (non-hydrogen) atoms. The van der Waals surface area contributed by atoms with E-state index >= 15 is 0 Å². The summed E-state index contributed by atoms with van der Waals surface area (Å²) in [5.74, 6) is -0.149. The number of ether oxygens (including phenoxy) is 2. The molecule has 3 aromatic rings. The summed E-state index contributed by atoms with van der Waals surface area (Å²) in [6, 6.07) is 16.1. The summed E-state index contributed by atoms with van der Waals surface area (Å²) in [7, 11) is -3.79. The third kappa shape index (κ3) is 4.34. The van der Waals surface area contributed by atoms with Gasteiger partial charge in [0.15, 0.2) is 11.6 Å². The van der Waals surface area contributed by atoms with E-state index in [-0.39, 0.29) is 34.9 Å². The highest BCUT2D eigenvalue weighted by Gasteiger charge is 2.33. The summed E-state index contributed by atoms with van der Waals surface area (Å²) >= 11 is 6.02. The summed E-state index contributed by atoms with van der Waals surface area (Å²) in [4.78, 5) is 0.206. The fourth-order valence-electron chi connectivity index (χ4n) is 3.37. The molecule has 0 N–H and O–H groups in total. The van der Waals surface area contributed by atoms with Gasteiger partial charge in [0.1, 0.15) is 18.5 Å². The molecule has 1 aliphatic heterocycles. The first-order valence-electron chi connectivity index (χ1n) is 9.71. The molecule has 1 heterocycles. The fourth-order valence-corrected chi connectivity index (χ4v) is 5.13. The standard InChI is InChI=1S/C23H21ClFNO4S/c1-15-6-9-18(10-7-15)31(27,28)26-13-16(2)30-22-11-8-17(12-21(22)26)14-29-23-19(24)4-3-5-20(23)25/h3-12,16H,13-14H2,1-2H3. The first-order valence-corrected chi connectivity index (χ1v) is 11.5. The van der Waals surface area contributed by atoms with Crippen molar-refractivity contribution in [2.75, 3.05) is 10.8 Å². The normalized spacial score (nSPS) is 15.9. The van der Waals surface area contributed by atoms with Crippen molar-refractivity contribution >= 4 is 27.3 Å². The van der Waals surface area contributed by atoms with E-state index in [0.29, 0.717) is 17.0 Å². The highest BCUT2D eigenvalue weighted by Crippen LogP contribution is 2.38. The van der Waals surface area contributed by atoms with Crippen molar-refractivity contribution in [3.8, 4) is 11.5 Å². The van der Waals surface area contributed by atoms with Crippen molar-refractivity contribution in [2.24, 2.45) is 0 Å². The Morgan fingerprint density at radius 2 is 1.90 bits per heavy atom. The fraction of sp³-hybridized carbons (Fsp3) is 0.217. The summed E-state index contributed by atoms with van der Waals surface area (Å²) < 4.78 is 53.5. The van der Waals surface area contributed by atoms with E-state index < -0.39 is 15.8 Å². The number of aryl methyl sites for hydroxylation is 1. The largest absolute Gasteiger partial charge is 0.487 e. The lowest BCUT2D eigenvalue weighted by Gasteiger charge is -2.34. The third-order valence-corrected chi connectivity index (χ3v) is 7.05. The van der Waals surface area contributed by atoms with Gasteiger partial charge in [-0.25, -0.2) is 12.8 Å². The number of anilines is 1. The Morgan fingerprint density at radius 1 is 1.16 bits per heavy atom. The van der Waals surface area contributed by atoms with Crippen LogP contribution >= 0.6 is 11.6 Å². The number of para-hydroxylation sites is 1. The SMILES string of the molecule is Cc1ccc(S(=O)(=O)N2CC(C)Oc3ccc(COc4c(F)cccc4Cl)cc32)cc1. The van der Waals surface area contributed by atoms with Gasteiger partial charge in [-0.05, 0) is 55.8 Å². The van der Waals surface area contributed by atoms with Crippen molar-refractivity contribution in [1.82, 2.24) is 0 Å². The summed E-state index contributed by atoms with van der Waals surface area (Å²) in [5.41, 5.74) is 2.04. The maximum atomic E-state index is 14.0. The van der Waals surface area contributed by atoms with E-state index in [9.17, 15) is 12.8 Å². The van der Waals surface area contributed by atoms with E-state index in [1.165, 1.54) is 22.5 Å². The quantitative estimate of drug-likeness (QED) is 0.514. The Labute approximate surface area is 186 Å². The van der Waals surface area contributed by atoms with Gasteiger partial charge in [0.25, 0.3) is 10.0 Å². The number of nitrogens with zero attached hydrogens (tertiary/aromatic N) is 1. The molecule has 0 saturated heterocycles. The van der Waals surface area contributed by atoms with Gasteiger partial charge in [0.05, 0.1) is 22.2 Å². The zero-order valence-electron chi connectivity index (χ0n) is 17.0. The van der Waals surface area contributed by atoms with Crippen molar-refractivity contribution in [3.05, 3.63) is 82.6 Å². The number of hydrogen-bond donors (Lipinski definition) is 0. The van der Waals surface area contributed by atoms with Gasteiger partial charge in [-0.3, -0.25) is 4.31 Å². The molecular formula is C23H21ClFNO4S. The average molecular weight is 462 g/mol. The number of fused-ring (bicyclic) bond motifs is 1. The van der Waals surface area contributed by atoms with Gasteiger partial charge in [-0.1, -0.05) is 41.4 Å². The lowest BCUT2D eigenvalue weighted by atomic mass is 10.1. The van der Waals surface area contributed by atoms with Crippen molar-refractivity contribution in [3.63, 3.8) is 0 Å². The predicted octanol–water partition coefficient (Wildman–Crippen LogP) is 5.34. The lowest BCUT2D eigenvalue weighted by Crippen LogP contribution is -2.42. The van der Waals surface area contributed by atoms with Crippen LogP contribution in [0.4, 0.5) is 10.1 Å². The molecule has 3 aromatic carbocycles. The second-order valence-electron chi connectivity index (χ2n) is 7.42. The van der Waals surface area contributed by atoms with E-state index in [2.05, 4.69) is 0 Å². The molecule has 0 saturated carbocycles. The first kappa shape index (κ1) is 21.5. The molecule has 0 aromatic heterocycles. The Morgan fingerprint density at radius 3 is 2.61 bits per heavy atom. The van der Waals surface area contributed by atoms with E-state index in [1.54, 1.807) is 42.5 Å². The molecule has 1 aliphatic rings. The van der Waals surface area contributed by atoms with Crippen LogP contribution in [0.5, 0.6) is 11.5 Å². The second-order valence-corrected chi connectivity index (χ2v) is 9.69. The maximum absolute atomic E-state index is 14.0. The Balaban J connectivity index is 1.67. The average Bonchev–Trinajstić information content (AvgIpc) is 2.73. The molecule has 1 atom stereocenters. The topological polar surface area (TPSA) is 55.8 Å². The zero-order chi connectivity index (χ0) is 22.2. The number of benzene rings is 3. The van der Waals surface area contributed by atoms with E-state index in [1.807, 2.05) is 13.8 Å². The number of hydrogen-bond acceptors (Lipinski definition) is 4. The van der Waals surface area contributed by atoms with Gasteiger partial charge in [0, 0.05) is 0 Å². The molecule has 0 bridgehead atoms. The van der Waals surface area contributed by atoms with Crippen LogP contribution in [0, 0.1) is 12.7 Å². The molecule has 162 valence electrons. The third-order valence-electron chi connectivity index (χ3n) is 4.95. The van der Waals surface area contributed by atoms with Crippen LogP contribution in [0.2, 0.25) is 5.02 Å². The van der Waals surface area contributed by atoms with Crippen LogP contribution < -0.4 is 13.8 Å². The van der Waals surface area contributed by atoms with Crippen molar-refractivity contribution in [2.45, 2.75) is 31.5 Å². The van der Waals surface area contributed by atoms with Gasteiger partial charge < -0.3 is 9.47 Å². The zero-order valence-corrected chi connectivity index (χ0v) is 18.6. The van der Waals surface area contributed by atoms with Gasteiger partial charge >= 0.3 is 0 Å². The van der Waals surface area contributed by atoms with E-state index in [4.69, 9.17) is 21.1 Å². The minimum Gasteiger partial charge on any atom is -0.487 e. The molecule has 0 radical (unpaired) electrons. The van der Waals surface area contributed by atoms with E-state index in [0.717, 1.165) is 5.56 Å². The molecule has 8 heteroatoms. The van der Waals surface area contributed by atoms with Crippen LogP contribution in [0.3, 0.4) is 0 Å². The summed E-state index contributed by atoms with van der Waals surface area (Å²) in [6.45, 7) is 3.91. The molecule has 4 rings (SSSR count). The summed E-state index contributed by atoms with van der Waals surface area (Å²) in [6.07, 6.45) is -0.313. The minimum absolute atomic E-state index is 0.0158. The minimum atomic E-state index is -3.79.